The van der Waals surface area contributed by atoms with Gasteiger partial charge in [-0.2, -0.15) is 31.3 Å². The van der Waals surface area contributed by atoms with E-state index in [1.54, 1.807) is 29.2 Å². The Hall–Kier alpha value is -4.10. The molecule has 3 rings (SSSR count). The Morgan fingerprint density at radius 3 is 1.89 bits per heavy atom. The number of aliphatic imine (C=N–C) groups is 1. The van der Waals surface area contributed by atoms with E-state index in [4.69, 9.17) is 21.4 Å². The van der Waals surface area contributed by atoms with Gasteiger partial charge in [0.05, 0.1) is 5.56 Å². The van der Waals surface area contributed by atoms with Crippen molar-refractivity contribution < 1.29 is 45.8 Å². The van der Waals surface area contributed by atoms with E-state index in [1.165, 1.54) is 12.1 Å². The van der Waals surface area contributed by atoms with Crippen molar-refractivity contribution in [3.05, 3.63) is 70.8 Å². The van der Waals surface area contributed by atoms with Gasteiger partial charge in [0.25, 0.3) is 11.8 Å². The highest BCUT2D eigenvalue weighted by atomic mass is 19.4. The van der Waals surface area contributed by atoms with Crippen LogP contribution in [0.3, 0.4) is 0 Å². The highest BCUT2D eigenvalue weighted by molar-refractivity contribution is 6.02. The molecule has 0 saturated carbocycles. The number of carbonyl (C=O) groups excluding carboxylic acids is 2. The molecule has 1 fully saturated rings. The predicted molar refractivity (Wildman–Crippen MR) is 120 cm³/mol. The summed E-state index contributed by atoms with van der Waals surface area (Å²) < 4.78 is 72.8. The Morgan fingerprint density at radius 1 is 0.892 bits per heavy atom. The van der Waals surface area contributed by atoms with Crippen LogP contribution in [-0.2, 0) is 11.0 Å². The smallest absolute Gasteiger partial charge is 0.475 e. The van der Waals surface area contributed by atoms with Crippen molar-refractivity contribution >= 4 is 23.7 Å². The first-order chi connectivity index (χ1) is 17.1. The molecule has 5 N–H and O–H groups in total. The van der Waals surface area contributed by atoms with E-state index in [0.717, 1.165) is 6.07 Å². The van der Waals surface area contributed by atoms with Crippen molar-refractivity contribution in [2.24, 2.45) is 16.5 Å². The van der Waals surface area contributed by atoms with Crippen molar-refractivity contribution in [2.75, 3.05) is 13.1 Å². The second-order valence-electron chi connectivity index (χ2n) is 7.88. The fourth-order valence-electron chi connectivity index (χ4n) is 3.63. The molecule has 0 unspecified atom stereocenters. The summed E-state index contributed by atoms with van der Waals surface area (Å²) in [6.45, 7) is 0.703. The van der Waals surface area contributed by atoms with E-state index in [9.17, 15) is 35.9 Å². The number of alkyl halides is 6. The second kappa shape index (κ2) is 11.8. The Morgan fingerprint density at radius 2 is 1.43 bits per heavy atom. The molecule has 2 aromatic rings. The number of hydrogen-bond acceptors (Lipinski definition) is 3. The Kier molecular flexibility index (Phi) is 9.26. The molecule has 1 aliphatic rings. The van der Waals surface area contributed by atoms with Gasteiger partial charge in [0.1, 0.15) is 0 Å². The van der Waals surface area contributed by atoms with Gasteiger partial charge in [0, 0.05) is 24.2 Å². The number of rotatable bonds is 3. The van der Waals surface area contributed by atoms with E-state index >= 15 is 0 Å². The maximum atomic E-state index is 13.7. The topological polar surface area (TPSA) is 139 Å². The highest BCUT2D eigenvalue weighted by Gasteiger charge is 2.38. The molecule has 0 atom stereocenters. The number of benzene rings is 2. The van der Waals surface area contributed by atoms with Crippen molar-refractivity contribution in [2.45, 2.75) is 31.1 Å². The molecule has 2 aromatic carbocycles. The van der Waals surface area contributed by atoms with E-state index in [1.807, 2.05) is 6.07 Å². The van der Waals surface area contributed by atoms with Gasteiger partial charge < -0.3 is 21.5 Å². The zero-order valence-corrected chi connectivity index (χ0v) is 19.0. The maximum absolute atomic E-state index is 13.7. The third kappa shape index (κ3) is 8.22. The summed E-state index contributed by atoms with van der Waals surface area (Å²) in [7, 11) is 0. The van der Waals surface area contributed by atoms with E-state index in [-0.39, 0.29) is 23.0 Å². The summed E-state index contributed by atoms with van der Waals surface area (Å²) in [4.78, 5) is 38.3. The zero-order valence-electron chi connectivity index (χ0n) is 19.0. The van der Waals surface area contributed by atoms with Crippen LogP contribution in [0.4, 0.5) is 26.3 Å². The van der Waals surface area contributed by atoms with Crippen LogP contribution in [0.2, 0.25) is 0 Å². The molecular weight excluding hydrogens is 510 g/mol. The molecule has 200 valence electrons. The van der Waals surface area contributed by atoms with Crippen molar-refractivity contribution in [1.29, 1.82) is 0 Å². The standard InChI is InChI=1S/C21H21F3N4O2.C2HF3O2/c22-21(23,24)17-12-15(18(29)27-20(25)26)6-7-16(17)13-8-10-28(11-9-13)19(30)14-4-2-1-3-5-14;3-2(4,5)1(6)7/h1-7,12-13H,8-11H2,(H4,25,26,27,29);(H,6,7). The highest BCUT2D eigenvalue weighted by Crippen LogP contribution is 2.39. The molecular formula is C23H22F6N4O4. The molecule has 37 heavy (non-hydrogen) atoms. The first-order valence-corrected chi connectivity index (χ1v) is 10.6. The number of carboxylic acid groups (broad SMARTS) is 1. The summed E-state index contributed by atoms with van der Waals surface area (Å²) in [5.41, 5.74) is 9.80. The van der Waals surface area contributed by atoms with E-state index < -0.39 is 35.8 Å². The van der Waals surface area contributed by atoms with Gasteiger partial charge in [-0.15, -0.1) is 0 Å². The lowest BCUT2D eigenvalue weighted by Gasteiger charge is -2.33. The fraction of sp³-hybridized carbons (Fsp3) is 0.304. The number of nitrogens with zero attached hydrogens (tertiary/aromatic N) is 2. The lowest BCUT2D eigenvalue weighted by Crippen LogP contribution is -2.38. The normalized spacial score (nSPS) is 14.3. The lowest BCUT2D eigenvalue weighted by atomic mass is 9.85. The number of amides is 2. The van der Waals surface area contributed by atoms with E-state index in [0.29, 0.717) is 31.5 Å². The molecule has 2 amide bonds. The molecule has 8 nitrogen and oxygen atoms in total. The number of likely N-dealkylation sites (tertiary alicyclic amines) is 1. The van der Waals surface area contributed by atoms with E-state index in [2.05, 4.69) is 4.99 Å². The molecule has 14 heteroatoms. The van der Waals surface area contributed by atoms with Crippen LogP contribution in [-0.4, -0.2) is 53.0 Å². The maximum Gasteiger partial charge on any atom is 0.490 e. The predicted octanol–water partition coefficient (Wildman–Crippen LogP) is 3.77. The number of hydrogen-bond donors (Lipinski definition) is 3. The number of nitrogens with two attached hydrogens (primary N) is 2. The number of carboxylic acids is 1. The molecule has 0 radical (unpaired) electrons. The minimum absolute atomic E-state index is 0.107. The minimum Gasteiger partial charge on any atom is -0.475 e. The summed E-state index contributed by atoms with van der Waals surface area (Å²) in [5, 5.41) is 7.12. The first-order valence-electron chi connectivity index (χ1n) is 10.6. The molecule has 0 aromatic heterocycles. The average molecular weight is 532 g/mol. The minimum atomic E-state index is -5.08. The number of aliphatic carboxylic acids is 1. The van der Waals surface area contributed by atoms with Crippen LogP contribution < -0.4 is 11.5 Å². The summed E-state index contributed by atoms with van der Waals surface area (Å²) in [5.74, 6) is -4.73. The Labute approximate surface area is 206 Å². The number of piperidine rings is 1. The SMILES string of the molecule is NC(N)=NC(=O)c1ccc(C2CCN(C(=O)c3ccccc3)CC2)c(C(F)(F)F)c1.O=C(O)C(F)(F)F. The Bertz CT molecular complexity index is 1150. The molecule has 1 aliphatic heterocycles. The number of guanidine groups is 1. The number of halogens is 6. The molecule has 0 aliphatic carbocycles. The third-order valence-electron chi connectivity index (χ3n) is 5.32. The van der Waals surface area contributed by atoms with Crippen molar-refractivity contribution in [3.8, 4) is 0 Å². The van der Waals surface area contributed by atoms with Crippen LogP contribution in [0, 0.1) is 0 Å². The monoisotopic (exact) mass is 532 g/mol. The quantitative estimate of drug-likeness (QED) is 0.313. The van der Waals surface area contributed by atoms with Gasteiger partial charge in [-0.3, -0.25) is 9.59 Å². The Balaban J connectivity index is 0.000000604. The summed E-state index contributed by atoms with van der Waals surface area (Å²) in [6, 6.07) is 12.1. The first kappa shape index (κ1) is 29.1. The van der Waals surface area contributed by atoms with Gasteiger partial charge in [0.2, 0.25) is 0 Å². The van der Waals surface area contributed by atoms with Crippen molar-refractivity contribution in [3.63, 3.8) is 0 Å². The van der Waals surface area contributed by atoms with Crippen molar-refractivity contribution in [1.82, 2.24) is 4.90 Å². The fourth-order valence-corrected chi connectivity index (χ4v) is 3.63. The lowest BCUT2D eigenvalue weighted by molar-refractivity contribution is -0.192. The van der Waals surface area contributed by atoms with Gasteiger partial charge in [-0.25, -0.2) is 4.79 Å². The van der Waals surface area contributed by atoms with Crippen LogP contribution in [0.1, 0.15) is 50.6 Å². The van der Waals surface area contributed by atoms with Gasteiger partial charge in [-0.05, 0) is 48.6 Å². The third-order valence-corrected chi connectivity index (χ3v) is 5.32. The van der Waals surface area contributed by atoms with Gasteiger partial charge in [-0.1, -0.05) is 24.3 Å². The largest absolute Gasteiger partial charge is 0.490 e. The molecule has 1 heterocycles. The van der Waals surface area contributed by atoms with Gasteiger partial charge in [0.15, 0.2) is 5.96 Å². The van der Waals surface area contributed by atoms with Crippen LogP contribution in [0.25, 0.3) is 0 Å². The number of carbonyl (C=O) groups is 3. The van der Waals surface area contributed by atoms with Crippen LogP contribution in [0.5, 0.6) is 0 Å². The molecule has 0 spiro atoms. The van der Waals surface area contributed by atoms with Crippen LogP contribution in [0.15, 0.2) is 53.5 Å². The molecule has 0 bridgehead atoms. The van der Waals surface area contributed by atoms with Gasteiger partial charge >= 0.3 is 18.3 Å². The summed E-state index contributed by atoms with van der Waals surface area (Å²) in [6.07, 6.45) is -8.94. The summed E-state index contributed by atoms with van der Waals surface area (Å²) >= 11 is 0. The molecule has 1 saturated heterocycles. The average Bonchev–Trinajstić information content (AvgIpc) is 2.82. The zero-order chi connectivity index (χ0) is 28.0. The second-order valence-corrected chi connectivity index (χ2v) is 7.88. The van der Waals surface area contributed by atoms with Crippen LogP contribution >= 0.6 is 0 Å².